The Kier molecular flexibility index (Phi) is 4.20. The zero-order valence-electron chi connectivity index (χ0n) is 10.1. The summed E-state index contributed by atoms with van der Waals surface area (Å²) in [4.78, 5) is 8.07. The zero-order chi connectivity index (χ0) is 12.8. The Morgan fingerprint density at radius 3 is 2.72 bits per heavy atom. The highest BCUT2D eigenvalue weighted by atomic mass is 19.1. The SMILES string of the molecule is CNCc1cc(F)cc(OCc2ncccn2)c1. The van der Waals surface area contributed by atoms with E-state index in [0.29, 0.717) is 18.1 Å². The molecule has 0 radical (unpaired) electrons. The van der Waals surface area contributed by atoms with Crippen molar-refractivity contribution < 1.29 is 9.13 Å². The molecule has 0 amide bonds. The first kappa shape index (κ1) is 12.4. The monoisotopic (exact) mass is 247 g/mol. The van der Waals surface area contributed by atoms with Gasteiger partial charge in [0.25, 0.3) is 0 Å². The fourth-order valence-electron chi connectivity index (χ4n) is 1.56. The molecule has 0 saturated carbocycles. The molecule has 5 heteroatoms. The summed E-state index contributed by atoms with van der Waals surface area (Å²) in [7, 11) is 1.81. The number of hydrogen-bond donors (Lipinski definition) is 1. The topological polar surface area (TPSA) is 47.0 Å². The van der Waals surface area contributed by atoms with E-state index in [-0.39, 0.29) is 12.4 Å². The van der Waals surface area contributed by atoms with Crippen molar-refractivity contribution in [3.8, 4) is 5.75 Å². The van der Waals surface area contributed by atoms with Crippen LogP contribution in [0.2, 0.25) is 0 Å². The van der Waals surface area contributed by atoms with Gasteiger partial charge >= 0.3 is 0 Å². The summed E-state index contributed by atoms with van der Waals surface area (Å²) in [6.07, 6.45) is 3.29. The highest BCUT2D eigenvalue weighted by molar-refractivity contribution is 5.29. The molecule has 2 rings (SSSR count). The predicted molar refractivity (Wildman–Crippen MR) is 65.5 cm³/mol. The highest BCUT2D eigenvalue weighted by Crippen LogP contribution is 2.17. The normalized spacial score (nSPS) is 10.3. The number of nitrogens with one attached hydrogen (secondary N) is 1. The minimum absolute atomic E-state index is 0.225. The maximum absolute atomic E-state index is 13.3. The van der Waals surface area contributed by atoms with Crippen molar-refractivity contribution in [3.63, 3.8) is 0 Å². The molecule has 0 spiro atoms. The van der Waals surface area contributed by atoms with E-state index in [2.05, 4.69) is 15.3 Å². The molecule has 0 unspecified atom stereocenters. The van der Waals surface area contributed by atoms with Crippen molar-refractivity contribution in [1.82, 2.24) is 15.3 Å². The maximum atomic E-state index is 13.3. The van der Waals surface area contributed by atoms with E-state index >= 15 is 0 Å². The Morgan fingerprint density at radius 1 is 1.22 bits per heavy atom. The molecule has 1 aromatic heterocycles. The number of rotatable bonds is 5. The van der Waals surface area contributed by atoms with Crippen LogP contribution >= 0.6 is 0 Å². The molecule has 0 saturated heterocycles. The Balaban J connectivity index is 2.05. The first-order valence-electron chi connectivity index (χ1n) is 5.60. The summed E-state index contributed by atoms with van der Waals surface area (Å²) in [6, 6.07) is 6.35. The van der Waals surface area contributed by atoms with Gasteiger partial charge in [-0.3, -0.25) is 0 Å². The Morgan fingerprint density at radius 2 is 2.00 bits per heavy atom. The van der Waals surface area contributed by atoms with Gasteiger partial charge in [0.2, 0.25) is 0 Å². The van der Waals surface area contributed by atoms with E-state index in [1.165, 1.54) is 12.1 Å². The van der Waals surface area contributed by atoms with Crippen molar-refractivity contribution >= 4 is 0 Å². The standard InChI is InChI=1S/C13H14FN3O/c1-15-8-10-5-11(14)7-12(6-10)18-9-13-16-3-2-4-17-13/h2-7,15H,8-9H2,1H3. The van der Waals surface area contributed by atoms with Crippen LogP contribution in [-0.2, 0) is 13.2 Å². The molecular formula is C13H14FN3O. The molecule has 4 nitrogen and oxygen atoms in total. The van der Waals surface area contributed by atoms with Crippen LogP contribution in [0.25, 0.3) is 0 Å². The van der Waals surface area contributed by atoms with E-state index in [9.17, 15) is 4.39 Å². The van der Waals surface area contributed by atoms with Crippen molar-refractivity contribution in [3.05, 3.63) is 53.9 Å². The summed E-state index contributed by atoms with van der Waals surface area (Å²) < 4.78 is 18.8. The lowest BCUT2D eigenvalue weighted by Gasteiger charge is -2.07. The van der Waals surface area contributed by atoms with Crippen molar-refractivity contribution in [2.24, 2.45) is 0 Å². The third-order valence-corrected chi connectivity index (χ3v) is 2.30. The van der Waals surface area contributed by atoms with Gasteiger partial charge in [-0.15, -0.1) is 0 Å². The molecule has 94 valence electrons. The van der Waals surface area contributed by atoms with Crippen LogP contribution in [0, 0.1) is 5.82 Å². The highest BCUT2D eigenvalue weighted by Gasteiger charge is 2.03. The van der Waals surface area contributed by atoms with E-state index < -0.39 is 0 Å². The van der Waals surface area contributed by atoms with E-state index in [4.69, 9.17) is 4.74 Å². The van der Waals surface area contributed by atoms with Gasteiger partial charge in [-0.05, 0) is 30.8 Å². The van der Waals surface area contributed by atoms with Crippen LogP contribution in [0.5, 0.6) is 5.75 Å². The van der Waals surface area contributed by atoms with Crippen molar-refractivity contribution in [2.45, 2.75) is 13.2 Å². The molecule has 0 aliphatic heterocycles. The maximum Gasteiger partial charge on any atom is 0.166 e. The quantitative estimate of drug-likeness (QED) is 0.876. The molecule has 0 fully saturated rings. The second-order valence-corrected chi connectivity index (χ2v) is 3.78. The Labute approximate surface area is 105 Å². The first-order chi connectivity index (χ1) is 8.78. The summed E-state index contributed by atoms with van der Waals surface area (Å²) in [5.41, 5.74) is 0.835. The third kappa shape index (κ3) is 3.49. The van der Waals surface area contributed by atoms with Crippen LogP contribution in [-0.4, -0.2) is 17.0 Å². The average molecular weight is 247 g/mol. The van der Waals surface area contributed by atoms with Crippen LogP contribution < -0.4 is 10.1 Å². The smallest absolute Gasteiger partial charge is 0.166 e. The van der Waals surface area contributed by atoms with E-state index in [1.54, 1.807) is 24.5 Å². The molecule has 1 heterocycles. The van der Waals surface area contributed by atoms with Crippen LogP contribution in [0.3, 0.4) is 0 Å². The minimum Gasteiger partial charge on any atom is -0.485 e. The lowest BCUT2D eigenvalue weighted by atomic mass is 10.2. The third-order valence-electron chi connectivity index (χ3n) is 2.30. The average Bonchev–Trinajstić information content (AvgIpc) is 2.37. The molecular weight excluding hydrogens is 233 g/mol. The van der Waals surface area contributed by atoms with E-state index in [0.717, 1.165) is 5.56 Å². The lowest BCUT2D eigenvalue weighted by Crippen LogP contribution is -2.06. The molecule has 2 aromatic rings. The van der Waals surface area contributed by atoms with Gasteiger partial charge in [0.1, 0.15) is 18.2 Å². The van der Waals surface area contributed by atoms with Gasteiger partial charge in [0.15, 0.2) is 5.82 Å². The number of benzene rings is 1. The number of ether oxygens (including phenoxy) is 1. The summed E-state index contributed by atoms with van der Waals surface area (Å²) in [5.74, 6) is 0.733. The van der Waals surface area contributed by atoms with E-state index in [1.807, 2.05) is 7.05 Å². The molecule has 18 heavy (non-hydrogen) atoms. The summed E-state index contributed by atoms with van der Waals surface area (Å²) in [6.45, 7) is 0.819. The van der Waals surface area contributed by atoms with Crippen LogP contribution in [0.15, 0.2) is 36.7 Å². The van der Waals surface area contributed by atoms with Gasteiger partial charge in [0, 0.05) is 25.0 Å². The van der Waals surface area contributed by atoms with Crippen LogP contribution in [0.4, 0.5) is 4.39 Å². The Bertz CT molecular complexity index is 505. The Hall–Kier alpha value is -2.01. The number of halogens is 1. The zero-order valence-corrected chi connectivity index (χ0v) is 10.1. The number of nitrogens with zero attached hydrogens (tertiary/aromatic N) is 2. The van der Waals surface area contributed by atoms with Crippen LogP contribution in [0.1, 0.15) is 11.4 Å². The van der Waals surface area contributed by atoms with Gasteiger partial charge in [-0.25, -0.2) is 14.4 Å². The lowest BCUT2D eigenvalue weighted by molar-refractivity contribution is 0.294. The van der Waals surface area contributed by atoms with Gasteiger partial charge in [-0.2, -0.15) is 0 Å². The molecule has 1 N–H and O–H groups in total. The fraction of sp³-hybridized carbons (Fsp3) is 0.231. The predicted octanol–water partition coefficient (Wildman–Crippen LogP) is 1.91. The van der Waals surface area contributed by atoms with Gasteiger partial charge in [0.05, 0.1) is 0 Å². The largest absolute Gasteiger partial charge is 0.485 e. The first-order valence-corrected chi connectivity index (χ1v) is 5.60. The number of aromatic nitrogens is 2. The van der Waals surface area contributed by atoms with Crippen molar-refractivity contribution in [1.29, 1.82) is 0 Å². The molecule has 0 atom stereocenters. The van der Waals surface area contributed by atoms with Crippen molar-refractivity contribution in [2.75, 3.05) is 7.05 Å². The summed E-state index contributed by atoms with van der Waals surface area (Å²) >= 11 is 0. The molecule has 1 aromatic carbocycles. The van der Waals surface area contributed by atoms with Gasteiger partial charge in [-0.1, -0.05) is 0 Å². The second kappa shape index (κ2) is 6.07. The molecule has 0 bridgehead atoms. The summed E-state index contributed by atoms with van der Waals surface area (Å²) in [5, 5.41) is 2.97. The number of hydrogen-bond acceptors (Lipinski definition) is 4. The fourth-order valence-corrected chi connectivity index (χ4v) is 1.56. The van der Waals surface area contributed by atoms with Gasteiger partial charge < -0.3 is 10.1 Å². The second-order valence-electron chi connectivity index (χ2n) is 3.78. The minimum atomic E-state index is -0.313. The molecule has 0 aliphatic rings. The molecule has 0 aliphatic carbocycles.